The molecule has 32 heavy (non-hydrogen) atoms. The monoisotopic (exact) mass is 447 g/mol. The number of hydrogen-bond donors (Lipinski definition) is 0. The van der Waals surface area contributed by atoms with Gasteiger partial charge in [0, 0.05) is 6.08 Å². The molecule has 3 aromatic rings. The molecule has 0 spiro atoms. The molecule has 0 bridgehead atoms. The summed E-state index contributed by atoms with van der Waals surface area (Å²) in [5, 5.41) is 10.3. The second-order valence-corrected chi connectivity index (χ2v) is 7.17. The molecule has 0 aliphatic heterocycles. The van der Waals surface area contributed by atoms with Gasteiger partial charge in [-0.15, -0.1) is 0 Å². The molecular formula is C26H22ClNO4. The number of nitriles is 1. The molecule has 3 rings (SSSR count). The minimum Gasteiger partial charge on any atom is -0.497 e. The molecule has 0 N–H and O–H groups in total. The molecular weight excluding hydrogens is 426 g/mol. The van der Waals surface area contributed by atoms with Gasteiger partial charge < -0.3 is 14.2 Å². The smallest absolute Gasteiger partial charge is 0.330 e. The minimum absolute atomic E-state index is 0.302. The Kier molecular flexibility index (Phi) is 7.54. The van der Waals surface area contributed by atoms with Crippen LogP contribution in [0.4, 0.5) is 0 Å². The Bertz CT molecular complexity index is 1210. The van der Waals surface area contributed by atoms with Crippen molar-refractivity contribution < 1.29 is 19.0 Å². The van der Waals surface area contributed by atoms with Crippen molar-refractivity contribution in [2.24, 2.45) is 0 Å². The number of hydrogen-bond acceptors (Lipinski definition) is 5. The second kappa shape index (κ2) is 10.5. The number of esters is 1. The number of carbonyl (C=O) groups excluding carboxylic acids is 1. The highest BCUT2D eigenvalue weighted by molar-refractivity contribution is 6.32. The molecule has 0 saturated carbocycles. The first-order valence-electron chi connectivity index (χ1n) is 9.92. The SMILES string of the molecule is CCOC(=O)/C=C/c1cc(OC)ccc1-c1ccc(-c2ccc(OC)c(Cl)c2)c(C#N)c1. The van der Waals surface area contributed by atoms with E-state index in [-0.39, 0.29) is 0 Å². The average Bonchev–Trinajstić information content (AvgIpc) is 2.82. The van der Waals surface area contributed by atoms with Crippen LogP contribution >= 0.6 is 11.6 Å². The van der Waals surface area contributed by atoms with Crippen LogP contribution in [-0.2, 0) is 9.53 Å². The maximum atomic E-state index is 11.8. The van der Waals surface area contributed by atoms with Gasteiger partial charge in [0.1, 0.15) is 11.5 Å². The summed E-state index contributed by atoms with van der Waals surface area (Å²) in [5.41, 5.74) is 4.52. The van der Waals surface area contributed by atoms with Crippen LogP contribution in [0.5, 0.6) is 11.5 Å². The number of rotatable bonds is 7. The zero-order valence-electron chi connectivity index (χ0n) is 18.0. The highest BCUT2D eigenvalue weighted by Gasteiger charge is 2.12. The Morgan fingerprint density at radius 2 is 1.72 bits per heavy atom. The van der Waals surface area contributed by atoms with Crippen molar-refractivity contribution in [1.82, 2.24) is 0 Å². The van der Waals surface area contributed by atoms with E-state index in [9.17, 15) is 10.1 Å². The fourth-order valence-electron chi connectivity index (χ4n) is 3.31. The van der Waals surface area contributed by atoms with Crippen molar-refractivity contribution >= 4 is 23.6 Å². The predicted molar refractivity (Wildman–Crippen MR) is 126 cm³/mol. The Balaban J connectivity index is 2.06. The number of methoxy groups -OCH3 is 2. The summed E-state index contributed by atoms with van der Waals surface area (Å²) in [6.07, 6.45) is 3.06. The van der Waals surface area contributed by atoms with E-state index in [1.54, 1.807) is 39.4 Å². The molecule has 0 aliphatic rings. The summed E-state index contributed by atoms with van der Waals surface area (Å²) in [4.78, 5) is 11.8. The molecule has 0 amide bonds. The summed E-state index contributed by atoms with van der Waals surface area (Å²) < 4.78 is 15.5. The fraction of sp³-hybridized carbons (Fsp3) is 0.154. The van der Waals surface area contributed by atoms with Gasteiger partial charge in [-0.3, -0.25) is 0 Å². The number of carbonyl (C=O) groups is 1. The molecule has 0 radical (unpaired) electrons. The van der Waals surface area contributed by atoms with E-state index in [1.807, 2.05) is 42.5 Å². The molecule has 0 aliphatic carbocycles. The first kappa shape index (κ1) is 22.9. The summed E-state index contributed by atoms with van der Waals surface area (Å²) in [7, 11) is 3.13. The highest BCUT2D eigenvalue weighted by atomic mass is 35.5. The van der Waals surface area contributed by atoms with Gasteiger partial charge in [-0.1, -0.05) is 35.9 Å². The average molecular weight is 448 g/mol. The number of benzene rings is 3. The largest absolute Gasteiger partial charge is 0.497 e. The Labute approximate surface area is 192 Å². The third kappa shape index (κ3) is 5.11. The van der Waals surface area contributed by atoms with Gasteiger partial charge in [0.15, 0.2) is 0 Å². The maximum absolute atomic E-state index is 11.8. The number of ether oxygens (including phenoxy) is 3. The molecule has 0 heterocycles. The lowest BCUT2D eigenvalue weighted by molar-refractivity contribution is -0.137. The van der Waals surface area contributed by atoms with Gasteiger partial charge in [-0.2, -0.15) is 5.26 Å². The lowest BCUT2D eigenvalue weighted by Gasteiger charge is -2.12. The van der Waals surface area contributed by atoms with Crippen LogP contribution in [0.2, 0.25) is 5.02 Å². The topological polar surface area (TPSA) is 68.6 Å². The zero-order chi connectivity index (χ0) is 23.1. The first-order chi connectivity index (χ1) is 15.5. The van der Waals surface area contributed by atoms with E-state index < -0.39 is 5.97 Å². The van der Waals surface area contributed by atoms with E-state index in [0.29, 0.717) is 28.7 Å². The minimum atomic E-state index is -0.425. The van der Waals surface area contributed by atoms with Crippen molar-refractivity contribution in [1.29, 1.82) is 5.26 Å². The number of halogens is 1. The van der Waals surface area contributed by atoms with E-state index in [0.717, 1.165) is 27.8 Å². The fourth-order valence-corrected chi connectivity index (χ4v) is 3.56. The van der Waals surface area contributed by atoms with Crippen molar-refractivity contribution in [2.45, 2.75) is 6.92 Å². The third-order valence-electron chi connectivity index (χ3n) is 4.86. The third-order valence-corrected chi connectivity index (χ3v) is 5.15. The van der Waals surface area contributed by atoms with Gasteiger partial charge in [-0.25, -0.2) is 4.79 Å². The van der Waals surface area contributed by atoms with Crippen LogP contribution in [0, 0.1) is 11.3 Å². The highest BCUT2D eigenvalue weighted by Crippen LogP contribution is 2.35. The summed E-state index contributed by atoms with van der Waals surface area (Å²) >= 11 is 6.27. The van der Waals surface area contributed by atoms with Gasteiger partial charge in [0.05, 0.1) is 37.5 Å². The normalized spacial score (nSPS) is 10.6. The van der Waals surface area contributed by atoms with Gasteiger partial charge in [-0.05, 0) is 71.1 Å². The molecule has 6 heteroatoms. The lowest BCUT2D eigenvalue weighted by Crippen LogP contribution is -1.99. The van der Waals surface area contributed by atoms with Gasteiger partial charge in [0.2, 0.25) is 0 Å². The summed E-state index contributed by atoms with van der Waals surface area (Å²) in [6, 6.07) is 18.9. The van der Waals surface area contributed by atoms with Crippen LogP contribution in [0.25, 0.3) is 28.3 Å². The molecule has 162 valence electrons. The lowest BCUT2D eigenvalue weighted by atomic mass is 9.93. The van der Waals surface area contributed by atoms with Crippen molar-refractivity contribution in [3.05, 3.63) is 76.8 Å². The predicted octanol–water partition coefficient (Wildman–Crippen LogP) is 6.14. The molecule has 3 aromatic carbocycles. The Morgan fingerprint density at radius 1 is 1.00 bits per heavy atom. The van der Waals surface area contributed by atoms with Crippen LogP contribution in [0.3, 0.4) is 0 Å². The Hall–Kier alpha value is -3.75. The second-order valence-electron chi connectivity index (χ2n) is 6.76. The van der Waals surface area contributed by atoms with Crippen LogP contribution in [0.1, 0.15) is 18.1 Å². The summed E-state index contributed by atoms with van der Waals surface area (Å²) in [6.45, 7) is 2.06. The van der Waals surface area contributed by atoms with E-state index >= 15 is 0 Å². The van der Waals surface area contributed by atoms with Crippen molar-refractivity contribution in [2.75, 3.05) is 20.8 Å². The Morgan fingerprint density at radius 3 is 2.38 bits per heavy atom. The van der Waals surface area contributed by atoms with Crippen LogP contribution in [-0.4, -0.2) is 26.8 Å². The van der Waals surface area contributed by atoms with E-state index in [4.69, 9.17) is 25.8 Å². The summed E-state index contributed by atoms with van der Waals surface area (Å²) in [5.74, 6) is 0.801. The van der Waals surface area contributed by atoms with Gasteiger partial charge in [0.25, 0.3) is 0 Å². The van der Waals surface area contributed by atoms with Gasteiger partial charge >= 0.3 is 5.97 Å². The van der Waals surface area contributed by atoms with E-state index in [2.05, 4.69) is 6.07 Å². The first-order valence-corrected chi connectivity index (χ1v) is 10.3. The van der Waals surface area contributed by atoms with E-state index in [1.165, 1.54) is 6.08 Å². The molecule has 5 nitrogen and oxygen atoms in total. The molecule has 0 fully saturated rings. The molecule has 0 saturated heterocycles. The zero-order valence-corrected chi connectivity index (χ0v) is 18.8. The maximum Gasteiger partial charge on any atom is 0.330 e. The van der Waals surface area contributed by atoms with Crippen molar-refractivity contribution in [3.8, 4) is 39.8 Å². The molecule has 0 atom stereocenters. The van der Waals surface area contributed by atoms with Crippen molar-refractivity contribution in [3.63, 3.8) is 0 Å². The molecule has 0 unspecified atom stereocenters. The van der Waals surface area contributed by atoms with Crippen LogP contribution in [0.15, 0.2) is 60.7 Å². The molecule has 0 aromatic heterocycles. The number of nitrogens with zero attached hydrogens (tertiary/aromatic N) is 1. The van der Waals surface area contributed by atoms with Crippen LogP contribution < -0.4 is 9.47 Å². The standard InChI is InChI=1S/C26H22ClNO4/c1-4-32-26(29)12-7-18-14-21(30-2)8-10-22(18)17-5-9-23(20(13-17)16-28)19-6-11-25(31-3)24(27)15-19/h5-15H,4H2,1-3H3/b12-7+. The quantitative estimate of drug-likeness (QED) is 0.321.